The fourth-order valence-electron chi connectivity index (χ4n) is 3.66. The Morgan fingerprint density at radius 2 is 2.00 bits per heavy atom. The minimum atomic E-state index is -3.39. The molecule has 4 rings (SSSR count). The summed E-state index contributed by atoms with van der Waals surface area (Å²) in [6.45, 7) is 2.40. The van der Waals surface area contributed by atoms with Crippen molar-refractivity contribution in [1.82, 2.24) is 19.1 Å². The number of hydrogen-bond acceptors (Lipinski definition) is 5. The number of nitrogens with zero attached hydrogens (tertiary/aromatic N) is 3. The van der Waals surface area contributed by atoms with Crippen molar-refractivity contribution < 1.29 is 12.9 Å². The molecule has 0 radical (unpaired) electrons. The molecular formula is C16H27ClN4O3S. The Morgan fingerprint density at radius 3 is 2.60 bits per heavy atom. The van der Waals surface area contributed by atoms with E-state index in [4.69, 9.17) is 4.52 Å². The van der Waals surface area contributed by atoms with Gasteiger partial charge in [-0.2, -0.15) is 17.4 Å². The molecule has 0 spiro atoms. The molecule has 0 amide bonds. The summed E-state index contributed by atoms with van der Waals surface area (Å²) in [6.07, 6.45) is 4.84. The summed E-state index contributed by atoms with van der Waals surface area (Å²) in [7, 11) is -0.262. The zero-order chi connectivity index (χ0) is 16.9. The number of likely N-dealkylation sites (tertiary alicyclic amines) is 1. The lowest BCUT2D eigenvalue weighted by atomic mass is 9.99. The lowest BCUT2D eigenvalue weighted by Crippen LogP contribution is -2.46. The predicted octanol–water partition coefficient (Wildman–Crippen LogP) is 1.58. The van der Waals surface area contributed by atoms with Crippen LogP contribution in [0.15, 0.2) is 10.6 Å². The summed E-state index contributed by atoms with van der Waals surface area (Å²) in [5, 5.41) is 4.19. The van der Waals surface area contributed by atoms with E-state index in [2.05, 4.69) is 20.8 Å². The first-order chi connectivity index (χ1) is 11.4. The molecule has 2 heterocycles. The molecule has 0 aromatic carbocycles. The predicted molar refractivity (Wildman–Crippen MR) is 96.7 cm³/mol. The SMILES string of the molecule is CN(C)S(=O)(=O)N[C@H]1CN(Cc2cc(C3CC3)on2)C[C@@H]1C1CC1.Cl. The van der Waals surface area contributed by atoms with E-state index in [1.54, 1.807) is 14.1 Å². The number of nitrogens with one attached hydrogen (secondary N) is 1. The van der Waals surface area contributed by atoms with Gasteiger partial charge in [0.15, 0.2) is 0 Å². The van der Waals surface area contributed by atoms with Crippen molar-refractivity contribution in [3.05, 3.63) is 17.5 Å². The third-order valence-electron chi connectivity index (χ3n) is 5.39. The van der Waals surface area contributed by atoms with E-state index < -0.39 is 10.2 Å². The van der Waals surface area contributed by atoms with Gasteiger partial charge in [-0.1, -0.05) is 5.16 Å². The van der Waals surface area contributed by atoms with Crippen molar-refractivity contribution in [2.45, 2.75) is 44.2 Å². The molecule has 1 aromatic rings. The van der Waals surface area contributed by atoms with Crippen molar-refractivity contribution in [3.63, 3.8) is 0 Å². The maximum absolute atomic E-state index is 12.2. The van der Waals surface area contributed by atoms with E-state index in [-0.39, 0.29) is 18.4 Å². The zero-order valence-corrected chi connectivity index (χ0v) is 16.4. The summed E-state index contributed by atoms with van der Waals surface area (Å²) >= 11 is 0. The molecular weight excluding hydrogens is 364 g/mol. The highest BCUT2D eigenvalue weighted by atomic mass is 35.5. The van der Waals surface area contributed by atoms with Crippen LogP contribution in [0, 0.1) is 11.8 Å². The molecule has 0 unspecified atom stereocenters. The largest absolute Gasteiger partial charge is 0.361 e. The smallest absolute Gasteiger partial charge is 0.279 e. The Labute approximate surface area is 155 Å². The minimum absolute atomic E-state index is 0. The highest BCUT2D eigenvalue weighted by Crippen LogP contribution is 2.42. The van der Waals surface area contributed by atoms with Crippen LogP contribution >= 0.6 is 12.4 Å². The first-order valence-corrected chi connectivity index (χ1v) is 10.2. The topological polar surface area (TPSA) is 78.7 Å². The molecule has 142 valence electrons. The zero-order valence-electron chi connectivity index (χ0n) is 14.7. The van der Waals surface area contributed by atoms with Gasteiger partial charge in [-0.25, -0.2) is 0 Å². The van der Waals surface area contributed by atoms with E-state index in [9.17, 15) is 8.42 Å². The van der Waals surface area contributed by atoms with Crippen molar-refractivity contribution in [3.8, 4) is 0 Å². The third-order valence-corrected chi connectivity index (χ3v) is 6.95. The Balaban J connectivity index is 0.00000182. The molecule has 3 aliphatic rings. The van der Waals surface area contributed by atoms with Crippen LogP contribution in [0.1, 0.15) is 43.1 Å². The Morgan fingerprint density at radius 1 is 1.28 bits per heavy atom. The van der Waals surface area contributed by atoms with Crippen molar-refractivity contribution in [2.75, 3.05) is 27.2 Å². The summed E-state index contributed by atoms with van der Waals surface area (Å²) in [6, 6.07) is 2.06. The van der Waals surface area contributed by atoms with E-state index in [0.717, 1.165) is 31.1 Å². The molecule has 1 saturated heterocycles. The molecule has 7 nitrogen and oxygen atoms in total. The molecule has 3 fully saturated rings. The van der Waals surface area contributed by atoms with Gasteiger partial charge in [0.25, 0.3) is 10.2 Å². The normalized spacial score (nSPS) is 27.6. The van der Waals surface area contributed by atoms with Gasteiger partial charge in [-0.3, -0.25) is 4.90 Å². The highest BCUT2D eigenvalue weighted by Gasteiger charge is 2.44. The lowest BCUT2D eigenvalue weighted by molar-refractivity contribution is 0.294. The Kier molecular flexibility index (Phi) is 5.46. The second kappa shape index (κ2) is 7.15. The van der Waals surface area contributed by atoms with Crippen LogP contribution in [-0.2, 0) is 16.8 Å². The second-order valence-electron chi connectivity index (χ2n) is 7.70. The molecule has 9 heteroatoms. The van der Waals surface area contributed by atoms with Crippen LogP contribution in [0.2, 0.25) is 0 Å². The number of halogens is 1. The van der Waals surface area contributed by atoms with Gasteiger partial charge in [-0.15, -0.1) is 12.4 Å². The fraction of sp³-hybridized carbons (Fsp3) is 0.812. The molecule has 25 heavy (non-hydrogen) atoms. The van der Waals surface area contributed by atoms with Gasteiger partial charge in [-0.05, 0) is 37.5 Å². The van der Waals surface area contributed by atoms with Gasteiger partial charge in [0.1, 0.15) is 5.76 Å². The first kappa shape index (κ1) is 19.1. The van der Waals surface area contributed by atoms with Crippen molar-refractivity contribution >= 4 is 22.6 Å². The van der Waals surface area contributed by atoms with E-state index in [1.807, 2.05) is 0 Å². The summed E-state index contributed by atoms with van der Waals surface area (Å²) in [4.78, 5) is 2.31. The third kappa shape index (κ3) is 4.36. The summed E-state index contributed by atoms with van der Waals surface area (Å²) in [5.74, 6) is 2.63. The maximum Gasteiger partial charge on any atom is 0.279 e. The molecule has 2 atom stereocenters. The molecule has 0 bridgehead atoms. The first-order valence-electron chi connectivity index (χ1n) is 8.80. The number of rotatable bonds is 7. The van der Waals surface area contributed by atoms with Gasteiger partial charge in [0.2, 0.25) is 0 Å². The van der Waals surface area contributed by atoms with E-state index in [0.29, 0.717) is 17.8 Å². The summed E-state index contributed by atoms with van der Waals surface area (Å²) < 4.78 is 34.0. The van der Waals surface area contributed by atoms with E-state index >= 15 is 0 Å². The van der Waals surface area contributed by atoms with Crippen LogP contribution in [-0.4, -0.2) is 56.0 Å². The van der Waals surface area contributed by atoms with Crippen molar-refractivity contribution in [2.24, 2.45) is 11.8 Å². The standard InChI is InChI=1S/C16H26N4O3S.ClH/c1-19(2)24(21,22)18-15-10-20(9-14(15)11-3-4-11)8-13-7-16(23-17-13)12-5-6-12;/h7,11-12,14-15,18H,3-6,8-10H2,1-2H3;1H/t14-,15+;/m1./s1. The Bertz CT molecular complexity index is 700. The van der Waals surface area contributed by atoms with Gasteiger partial charge >= 0.3 is 0 Å². The van der Waals surface area contributed by atoms with Crippen LogP contribution in [0.4, 0.5) is 0 Å². The van der Waals surface area contributed by atoms with E-state index in [1.165, 1.54) is 30.0 Å². The molecule has 2 aliphatic carbocycles. The molecule has 1 aliphatic heterocycles. The molecule has 1 aromatic heterocycles. The number of hydrogen-bond donors (Lipinski definition) is 1. The highest BCUT2D eigenvalue weighted by molar-refractivity contribution is 7.87. The van der Waals surface area contributed by atoms with Crippen molar-refractivity contribution in [1.29, 1.82) is 0 Å². The Hall–Kier alpha value is -0.670. The quantitative estimate of drug-likeness (QED) is 0.764. The summed E-state index contributed by atoms with van der Waals surface area (Å²) in [5.41, 5.74) is 0.961. The maximum atomic E-state index is 12.2. The van der Waals surface area contributed by atoms with Crippen LogP contribution in [0.5, 0.6) is 0 Å². The average molecular weight is 391 g/mol. The van der Waals surface area contributed by atoms with Gasteiger partial charge in [0.05, 0.1) is 5.69 Å². The average Bonchev–Trinajstić information content (AvgIpc) is 3.44. The molecule has 2 saturated carbocycles. The number of aromatic nitrogens is 1. The lowest BCUT2D eigenvalue weighted by Gasteiger charge is -2.21. The minimum Gasteiger partial charge on any atom is -0.361 e. The second-order valence-corrected chi connectivity index (χ2v) is 9.62. The van der Waals surface area contributed by atoms with Gasteiger partial charge < -0.3 is 4.52 Å². The van der Waals surface area contributed by atoms with Gasteiger partial charge in [0, 0.05) is 51.8 Å². The monoisotopic (exact) mass is 390 g/mol. The van der Waals surface area contributed by atoms with Crippen LogP contribution < -0.4 is 4.72 Å². The van der Waals surface area contributed by atoms with Crippen LogP contribution in [0.25, 0.3) is 0 Å². The fourth-order valence-corrected chi connectivity index (χ4v) is 4.50. The molecule has 1 N–H and O–H groups in total. The van der Waals surface area contributed by atoms with Crippen LogP contribution in [0.3, 0.4) is 0 Å².